The zero-order valence-corrected chi connectivity index (χ0v) is 6.81. The first-order valence-corrected chi connectivity index (χ1v) is 4.34. The minimum atomic E-state index is -0.872. The molecule has 2 rings (SSSR count). The molecule has 0 unspecified atom stereocenters. The lowest BCUT2D eigenvalue weighted by atomic mass is 9.98. The summed E-state index contributed by atoms with van der Waals surface area (Å²) in [5.74, 6) is -0.206. The van der Waals surface area contributed by atoms with Crippen LogP contribution < -0.4 is 0 Å². The fourth-order valence-corrected chi connectivity index (χ4v) is 2.13. The average Bonchev–Trinajstić information content (AvgIpc) is 2.29. The first kappa shape index (κ1) is 8.16. The molecule has 68 valence electrons. The van der Waals surface area contributed by atoms with Crippen molar-refractivity contribution < 1.29 is 15.0 Å². The zero-order valence-electron chi connectivity index (χ0n) is 6.81. The number of hydrogen-bond acceptors (Lipinski definition) is 4. The van der Waals surface area contributed by atoms with Crippen LogP contribution in [0.2, 0.25) is 0 Å². The molecule has 2 heterocycles. The van der Waals surface area contributed by atoms with Crippen molar-refractivity contribution in [2.75, 3.05) is 13.1 Å². The Morgan fingerprint density at radius 3 is 2.83 bits per heavy atom. The maximum absolute atomic E-state index is 11.3. The number of hydrogen-bond donors (Lipinski definition) is 2. The van der Waals surface area contributed by atoms with E-state index in [1.807, 2.05) is 4.90 Å². The predicted molar refractivity (Wildman–Crippen MR) is 41.6 cm³/mol. The summed E-state index contributed by atoms with van der Waals surface area (Å²) in [5, 5.41) is 18.7. The van der Waals surface area contributed by atoms with E-state index in [-0.39, 0.29) is 5.78 Å². The standard InChI is InChI=1S/C8H13NO3/c10-5-2-1-3-9-4-6(11)8(12)7(5)9/h5-7,10-11H,1-4H2/t5-,6-,7+/m1/s1. The number of piperidine rings is 1. The molecule has 2 saturated heterocycles. The van der Waals surface area contributed by atoms with Crippen molar-refractivity contribution in [2.45, 2.75) is 31.1 Å². The molecule has 2 aliphatic rings. The summed E-state index contributed by atoms with van der Waals surface area (Å²) in [6, 6.07) is -0.422. The lowest BCUT2D eigenvalue weighted by molar-refractivity contribution is -0.129. The largest absolute Gasteiger partial charge is 0.391 e. The lowest BCUT2D eigenvalue weighted by Crippen LogP contribution is -2.47. The first-order valence-electron chi connectivity index (χ1n) is 4.34. The summed E-state index contributed by atoms with van der Waals surface area (Å²) in [4.78, 5) is 13.2. The third-order valence-corrected chi connectivity index (χ3v) is 2.73. The van der Waals surface area contributed by atoms with Gasteiger partial charge >= 0.3 is 0 Å². The number of rotatable bonds is 0. The molecule has 2 fully saturated rings. The molecule has 12 heavy (non-hydrogen) atoms. The van der Waals surface area contributed by atoms with E-state index in [9.17, 15) is 15.0 Å². The number of aliphatic hydroxyl groups excluding tert-OH is 2. The summed E-state index contributed by atoms with van der Waals surface area (Å²) in [6.07, 6.45) is 0.156. The van der Waals surface area contributed by atoms with Crippen molar-refractivity contribution in [3.8, 4) is 0 Å². The van der Waals surface area contributed by atoms with Crippen molar-refractivity contribution in [3.63, 3.8) is 0 Å². The number of fused-ring (bicyclic) bond motifs is 1. The van der Waals surface area contributed by atoms with Crippen LogP contribution in [-0.2, 0) is 4.79 Å². The van der Waals surface area contributed by atoms with Gasteiger partial charge in [-0.25, -0.2) is 0 Å². The summed E-state index contributed by atoms with van der Waals surface area (Å²) in [6.45, 7) is 1.23. The quantitative estimate of drug-likeness (QED) is 0.478. The van der Waals surface area contributed by atoms with Crippen LogP contribution in [0.4, 0.5) is 0 Å². The normalized spacial score (nSPS) is 43.2. The number of carbonyl (C=O) groups is 1. The van der Waals surface area contributed by atoms with Crippen LogP contribution in [0.15, 0.2) is 0 Å². The molecule has 0 aromatic heterocycles. The van der Waals surface area contributed by atoms with Gasteiger partial charge in [-0.3, -0.25) is 9.69 Å². The van der Waals surface area contributed by atoms with Gasteiger partial charge in [0, 0.05) is 6.54 Å². The Bertz CT molecular complexity index is 206. The van der Waals surface area contributed by atoms with Crippen LogP contribution in [0.5, 0.6) is 0 Å². The first-order chi connectivity index (χ1) is 5.70. The Labute approximate surface area is 70.8 Å². The molecule has 0 spiro atoms. The van der Waals surface area contributed by atoms with Crippen LogP contribution in [0, 0.1) is 0 Å². The molecule has 0 aromatic rings. The highest BCUT2D eigenvalue weighted by molar-refractivity contribution is 5.91. The van der Waals surface area contributed by atoms with E-state index < -0.39 is 18.2 Å². The number of nitrogens with zero attached hydrogens (tertiary/aromatic N) is 1. The Hall–Kier alpha value is -0.450. The molecule has 0 saturated carbocycles. The van der Waals surface area contributed by atoms with Crippen LogP contribution in [0.25, 0.3) is 0 Å². The van der Waals surface area contributed by atoms with Crippen LogP contribution in [-0.4, -0.2) is 52.2 Å². The summed E-state index contributed by atoms with van der Waals surface area (Å²) in [5.41, 5.74) is 0. The van der Waals surface area contributed by atoms with E-state index in [2.05, 4.69) is 0 Å². The number of aliphatic hydroxyl groups is 2. The van der Waals surface area contributed by atoms with Crippen LogP contribution >= 0.6 is 0 Å². The Morgan fingerprint density at radius 1 is 1.42 bits per heavy atom. The molecule has 0 aliphatic carbocycles. The summed E-state index contributed by atoms with van der Waals surface area (Å²) in [7, 11) is 0. The highest BCUT2D eigenvalue weighted by Crippen LogP contribution is 2.24. The van der Waals surface area contributed by atoms with Crippen LogP contribution in [0.1, 0.15) is 12.8 Å². The maximum Gasteiger partial charge on any atom is 0.182 e. The molecule has 0 bridgehead atoms. The third-order valence-electron chi connectivity index (χ3n) is 2.73. The van der Waals surface area contributed by atoms with Gasteiger partial charge in [0.1, 0.15) is 6.10 Å². The SMILES string of the molecule is O=C1[C@H](O)CN2CCC[C@@H](O)[C@@H]12. The Morgan fingerprint density at radius 2 is 2.17 bits per heavy atom. The van der Waals surface area contributed by atoms with E-state index in [0.29, 0.717) is 13.0 Å². The van der Waals surface area contributed by atoms with Crippen LogP contribution in [0.3, 0.4) is 0 Å². The van der Waals surface area contributed by atoms with Crippen molar-refractivity contribution in [2.24, 2.45) is 0 Å². The van der Waals surface area contributed by atoms with Gasteiger partial charge in [0.2, 0.25) is 0 Å². The smallest absolute Gasteiger partial charge is 0.182 e. The highest BCUT2D eigenvalue weighted by Gasteiger charge is 2.44. The second-order valence-corrected chi connectivity index (χ2v) is 3.57. The molecule has 2 N–H and O–H groups in total. The van der Waals surface area contributed by atoms with E-state index in [4.69, 9.17) is 0 Å². The van der Waals surface area contributed by atoms with E-state index in [1.54, 1.807) is 0 Å². The van der Waals surface area contributed by atoms with E-state index in [1.165, 1.54) is 0 Å². The molecule has 3 atom stereocenters. The highest BCUT2D eigenvalue weighted by atomic mass is 16.3. The Kier molecular flexibility index (Phi) is 1.90. The van der Waals surface area contributed by atoms with Gasteiger partial charge in [0.05, 0.1) is 12.1 Å². The van der Waals surface area contributed by atoms with Gasteiger partial charge < -0.3 is 10.2 Å². The summed E-state index contributed by atoms with van der Waals surface area (Å²) >= 11 is 0. The van der Waals surface area contributed by atoms with Gasteiger partial charge in [-0.05, 0) is 19.4 Å². The number of carbonyl (C=O) groups excluding carboxylic acids is 1. The minimum absolute atomic E-state index is 0.206. The van der Waals surface area contributed by atoms with Crippen molar-refractivity contribution >= 4 is 5.78 Å². The van der Waals surface area contributed by atoms with E-state index in [0.717, 1.165) is 13.0 Å². The molecule has 4 nitrogen and oxygen atoms in total. The predicted octanol–water partition coefficient (Wildman–Crippen LogP) is -1.24. The van der Waals surface area contributed by atoms with Gasteiger partial charge in [-0.2, -0.15) is 0 Å². The fraction of sp³-hybridized carbons (Fsp3) is 0.875. The molecule has 4 heteroatoms. The second kappa shape index (κ2) is 2.80. The van der Waals surface area contributed by atoms with E-state index >= 15 is 0 Å². The zero-order chi connectivity index (χ0) is 8.72. The molecule has 0 amide bonds. The molecule has 0 aromatic carbocycles. The topological polar surface area (TPSA) is 60.8 Å². The van der Waals surface area contributed by atoms with Crippen molar-refractivity contribution in [1.29, 1.82) is 0 Å². The fourth-order valence-electron chi connectivity index (χ4n) is 2.13. The number of Topliss-reactive ketones (excluding diaryl/α,β-unsaturated/α-hetero) is 1. The molecular weight excluding hydrogens is 158 g/mol. The Balaban J connectivity index is 2.17. The average molecular weight is 171 g/mol. The minimum Gasteiger partial charge on any atom is -0.391 e. The van der Waals surface area contributed by atoms with Crippen molar-refractivity contribution in [3.05, 3.63) is 0 Å². The third kappa shape index (κ3) is 1.07. The maximum atomic E-state index is 11.3. The second-order valence-electron chi connectivity index (χ2n) is 3.57. The monoisotopic (exact) mass is 171 g/mol. The van der Waals surface area contributed by atoms with Gasteiger partial charge in [-0.1, -0.05) is 0 Å². The van der Waals surface area contributed by atoms with Gasteiger partial charge in [-0.15, -0.1) is 0 Å². The van der Waals surface area contributed by atoms with Gasteiger partial charge in [0.25, 0.3) is 0 Å². The molecule has 2 aliphatic heterocycles. The molecule has 0 radical (unpaired) electrons. The van der Waals surface area contributed by atoms with Crippen molar-refractivity contribution in [1.82, 2.24) is 4.90 Å². The number of ketones is 1. The lowest BCUT2D eigenvalue weighted by Gasteiger charge is -2.31. The molecular formula is C8H13NO3. The van der Waals surface area contributed by atoms with Gasteiger partial charge in [0.15, 0.2) is 5.78 Å². The summed E-state index contributed by atoms with van der Waals surface area (Å²) < 4.78 is 0.